The fourth-order valence-corrected chi connectivity index (χ4v) is 3.40. The van der Waals surface area contributed by atoms with Gasteiger partial charge in [-0.15, -0.1) is 0 Å². The van der Waals surface area contributed by atoms with Crippen LogP contribution in [-0.2, 0) is 0 Å². The van der Waals surface area contributed by atoms with Gasteiger partial charge in [-0.05, 0) is 48.4 Å². The third-order valence-corrected chi connectivity index (χ3v) is 4.85. The highest BCUT2D eigenvalue weighted by atomic mass is 16.5. The number of nitrogens with one attached hydrogen (secondary N) is 2. The number of benzene rings is 1. The number of rotatable bonds is 11. The summed E-state index contributed by atoms with van der Waals surface area (Å²) in [5, 5.41) is 0. The molecule has 3 rings (SSSR count). The van der Waals surface area contributed by atoms with Gasteiger partial charge in [0.1, 0.15) is 5.75 Å². The molecular weight excluding hydrogens is 320 g/mol. The van der Waals surface area contributed by atoms with Crippen LogP contribution in [0.1, 0.15) is 68.3 Å². The number of H-pyrrole nitrogens is 2. The molecule has 0 spiro atoms. The van der Waals surface area contributed by atoms with Gasteiger partial charge in [0.2, 0.25) is 0 Å². The van der Waals surface area contributed by atoms with Crippen molar-refractivity contribution < 1.29 is 4.74 Å². The molecule has 3 aromatic rings. The third-order valence-electron chi connectivity index (χ3n) is 4.85. The van der Waals surface area contributed by atoms with Crippen LogP contribution in [0.15, 0.2) is 60.9 Å². The lowest BCUT2D eigenvalue weighted by Crippen LogP contribution is -2.04. The molecule has 0 aliphatic carbocycles. The summed E-state index contributed by atoms with van der Waals surface area (Å²) in [5.74, 6) is 1.15. The van der Waals surface area contributed by atoms with Crippen LogP contribution in [0.2, 0.25) is 0 Å². The van der Waals surface area contributed by atoms with Crippen LogP contribution in [0.5, 0.6) is 5.75 Å². The minimum absolute atomic E-state index is 0.188. The minimum atomic E-state index is 0.188. The van der Waals surface area contributed by atoms with E-state index in [9.17, 15) is 0 Å². The summed E-state index contributed by atoms with van der Waals surface area (Å²) in [6.45, 7) is 3.06. The zero-order chi connectivity index (χ0) is 18.0. The molecule has 3 nitrogen and oxygen atoms in total. The Bertz CT molecular complexity index is 680. The van der Waals surface area contributed by atoms with Crippen molar-refractivity contribution in [1.29, 1.82) is 0 Å². The van der Waals surface area contributed by atoms with Crippen molar-refractivity contribution in [2.75, 3.05) is 6.61 Å². The maximum atomic E-state index is 5.91. The first kappa shape index (κ1) is 18.4. The van der Waals surface area contributed by atoms with Crippen molar-refractivity contribution in [2.45, 2.75) is 51.4 Å². The number of aromatic nitrogens is 2. The maximum Gasteiger partial charge on any atom is 0.119 e. The van der Waals surface area contributed by atoms with E-state index in [2.05, 4.69) is 53.3 Å². The molecule has 0 amide bonds. The largest absolute Gasteiger partial charge is 0.494 e. The van der Waals surface area contributed by atoms with Crippen molar-refractivity contribution in [3.63, 3.8) is 0 Å². The van der Waals surface area contributed by atoms with Gasteiger partial charge in [-0.3, -0.25) is 0 Å². The predicted molar refractivity (Wildman–Crippen MR) is 108 cm³/mol. The molecular formula is C23H30N2O. The van der Waals surface area contributed by atoms with Crippen molar-refractivity contribution >= 4 is 0 Å². The van der Waals surface area contributed by atoms with E-state index >= 15 is 0 Å². The van der Waals surface area contributed by atoms with Crippen molar-refractivity contribution in [2.24, 2.45) is 0 Å². The molecule has 26 heavy (non-hydrogen) atoms. The van der Waals surface area contributed by atoms with Crippen LogP contribution in [-0.4, -0.2) is 16.6 Å². The Kier molecular flexibility index (Phi) is 7.00. The van der Waals surface area contributed by atoms with E-state index in [0.717, 1.165) is 18.8 Å². The standard InChI is InChI=1S/C23H30N2O/c1-2-3-4-5-6-7-18-26-20-14-12-19(13-15-20)23(21-10-8-16-24-21)22-11-9-17-25-22/h8-17,23-25H,2-7,18H2,1H3. The molecule has 0 radical (unpaired) electrons. The molecule has 0 fully saturated rings. The van der Waals surface area contributed by atoms with E-state index in [1.807, 2.05) is 24.5 Å². The average Bonchev–Trinajstić information content (AvgIpc) is 3.37. The van der Waals surface area contributed by atoms with Gasteiger partial charge < -0.3 is 14.7 Å². The number of hydrogen-bond acceptors (Lipinski definition) is 1. The van der Waals surface area contributed by atoms with E-state index in [-0.39, 0.29) is 5.92 Å². The summed E-state index contributed by atoms with van der Waals surface area (Å²) in [7, 11) is 0. The molecule has 0 saturated carbocycles. The van der Waals surface area contributed by atoms with Gasteiger partial charge in [-0.25, -0.2) is 0 Å². The second kappa shape index (κ2) is 9.91. The molecule has 2 N–H and O–H groups in total. The lowest BCUT2D eigenvalue weighted by Gasteiger charge is -2.16. The molecule has 2 aromatic heterocycles. The molecule has 0 aliphatic heterocycles. The molecule has 0 saturated heterocycles. The van der Waals surface area contributed by atoms with Crippen molar-refractivity contribution in [3.05, 3.63) is 77.9 Å². The highest BCUT2D eigenvalue weighted by molar-refractivity contribution is 5.40. The minimum Gasteiger partial charge on any atom is -0.494 e. The van der Waals surface area contributed by atoms with E-state index < -0.39 is 0 Å². The highest BCUT2D eigenvalue weighted by Crippen LogP contribution is 2.30. The molecule has 1 aromatic carbocycles. The summed E-state index contributed by atoms with van der Waals surface area (Å²) >= 11 is 0. The fraction of sp³-hybridized carbons (Fsp3) is 0.391. The Morgan fingerprint density at radius 2 is 1.38 bits per heavy atom. The summed E-state index contributed by atoms with van der Waals surface area (Å²) in [4.78, 5) is 6.70. The first-order chi connectivity index (χ1) is 12.9. The Labute approximate surface area is 156 Å². The maximum absolute atomic E-state index is 5.91. The average molecular weight is 351 g/mol. The second-order valence-electron chi connectivity index (χ2n) is 6.87. The van der Waals surface area contributed by atoms with E-state index in [1.165, 1.54) is 49.1 Å². The summed E-state index contributed by atoms with van der Waals surface area (Å²) in [6, 6.07) is 16.9. The van der Waals surface area contributed by atoms with Crippen molar-refractivity contribution in [3.8, 4) is 5.75 Å². The fourth-order valence-electron chi connectivity index (χ4n) is 3.40. The number of hydrogen-bond donors (Lipinski definition) is 2. The number of ether oxygens (including phenoxy) is 1. The Morgan fingerprint density at radius 3 is 1.96 bits per heavy atom. The van der Waals surface area contributed by atoms with Crippen LogP contribution in [0.3, 0.4) is 0 Å². The lowest BCUT2D eigenvalue weighted by molar-refractivity contribution is 0.304. The number of unbranched alkanes of at least 4 members (excludes halogenated alkanes) is 5. The SMILES string of the molecule is CCCCCCCCOc1ccc(C(c2ccc[nH]2)c2ccc[nH]2)cc1. The summed E-state index contributed by atoms with van der Waals surface area (Å²) < 4.78 is 5.91. The number of aromatic amines is 2. The van der Waals surface area contributed by atoms with Gasteiger partial charge in [-0.2, -0.15) is 0 Å². The van der Waals surface area contributed by atoms with Gasteiger partial charge in [-0.1, -0.05) is 51.2 Å². The van der Waals surface area contributed by atoms with Crippen LogP contribution < -0.4 is 4.74 Å². The molecule has 0 bridgehead atoms. The normalized spacial score (nSPS) is 11.2. The van der Waals surface area contributed by atoms with Crippen LogP contribution >= 0.6 is 0 Å². The predicted octanol–water partition coefficient (Wildman–Crippen LogP) is 6.26. The van der Waals surface area contributed by atoms with Gasteiger partial charge >= 0.3 is 0 Å². The second-order valence-corrected chi connectivity index (χ2v) is 6.87. The molecule has 0 aliphatic rings. The van der Waals surface area contributed by atoms with Crippen LogP contribution in [0.4, 0.5) is 0 Å². The third kappa shape index (κ3) is 5.04. The van der Waals surface area contributed by atoms with Gasteiger partial charge in [0.05, 0.1) is 12.5 Å². The van der Waals surface area contributed by atoms with Gasteiger partial charge in [0.15, 0.2) is 0 Å². The lowest BCUT2D eigenvalue weighted by atomic mass is 9.92. The summed E-state index contributed by atoms with van der Waals surface area (Å²) in [5.41, 5.74) is 3.63. The Morgan fingerprint density at radius 1 is 0.769 bits per heavy atom. The first-order valence-corrected chi connectivity index (χ1v) is 9.88. The Hall–Kier alpha value is -2.42. The molecule has 138 valence electrons. The quantitative estimate of drug-likeness (QED) is 0.394. The topological polar surface area (TPSA) is 40.8 Å². The van der Waals surface area contributed by atoms with Crippen LogP contribution in [0.25, 0.3) is 0 Å². The molecule has 0 atom stereocenters. The molecule has 2 heterocycles. The zero-order valence-electron chi connectivity index (χ0n) is 15.7. The zero-order valence-corrected chi connectivity index (χ0v) is 15.7. The van der Waals surface area contributed by atoms with E-state index in [4.69, 9.17) is 4.74 Å². The van der Waals surface area contributed by atoms with E-state index in [0.29, 0.717) is 0 Å². The first-order valence-electron chi connectivity index (χ1n) is 9.88. The van der Waals surface area contributed by atoms with Crippen LogP contribution in [0, 0.1) is 0 Å². The Balaban J connectivity index is 1.56. The van der Waals surface area contributed by atoms with Gasteiger partial charge in [0.25, 0.3) is 0 Å². The molecule has 3 heteroatoms. The summed E-state index contributed by atoms with van der Waals surface area (Å²) in [6.07, 6.45) is 11.7. The molecule has 0 unspecified atom stereocenters. The smallest absolute Gasteiger partial charge is 0.119 e. The van der Waals surface area contributed by atoms with E-state index in [1.54, 1.807) is 0 Å². The van der Waals surface area contributed by atoms with Gasteiger partial charge in [0, 0.05) is 23.8 Å². The highest BCUT2D eigenvalue weighted by Gasteiger charge is 2.18. The monoisotopic (exact) mass is 350 g/mol. The van der Waals surface area contributed by atoms with Crippen molar-refractivity contribution in [1.82, 2.24) is 9.97 Å².